The number of nitrogens with zero attached hydrogens (tertiary/aromatic N) is 4. The highest BCUT2D eigenvalue weighted by molar-refractivity contribution is 5.33. The fourth-order valence-corrected chi connectivity index (χ4v) is 1.48. The van der Waals surface area contributed by atoms with E-state index in [2.05, 4.69) is 9.97 Å². The van der Waals surface area contributed by atoms with Crippen LogP contribution >= 0.6 is 0 Å². The van der Waals surface area contributed by atoms with Gasteiger partial charge in [-0.15, -0.1) is 0 Å². The zero-order valence-electron chi connectivity index (χ0n) is 10.0. The Hall–Kier alpha value is -2.44. The SMILES string of the molecule is Cc1ccc(CN(C)c2ncc([N+](=O)[O-])cn2)o1. The van der Waals surface area contributed by atoms with Gasteiger partial charge < -0.3 is 9.32 Å². The summed E-state index contributed by atoms with van der Waals surface area (Å²) in [5.41, 5.74) is -0.124. The van der Waals surface area contributed by atoms with Crippen LogP contribution in [0.3, 0.4) is 0 Å². The van der Waals surface area contributed by atoms with Gasteiger partial charge in [-0.3, -0.25) is 10.1 Å². The molecule has 2 heterocycles. The number of aromatic nitrogens is 2. The van der Waals surface area contributed by atoms with Gasteiger partial charge in [-0.05, 0) is 19.1 Å². The minimum absolute atomic E-state index is 0.124. The molecule has 0 saturated carbocycles. The topological polar surface area (TPSA) is 85.3 Å². The normalized spacial score (nSPS) is 10.3. The molecule has 2 aromatic rings. The van der Waals surface area contributed by atoms with E-state index < -0.39 is 4.92 Å². The summed E-state index contributed by atoms with van der Waals surface area (Å²) < 4.78 is 5.43. The number of aryl methyl sites for hydroxylation is 1. The molecule has 94 valence electrons. The van der Waals surface area contributed by atoms with Crippen LogP contribution in [0.2, 0.25) is 0 Å². The van der Waals surface area contributed by atoms with Gasteiger partial charge in [0.2, 0.25) is 5.95 Å². The molecule has 0 amide bonds. The minimum atomic E-state index is -0.528. The first-order chi connectivity index (χ1) is 8.56. The van der Waals surface area contributed by atoms with Crippen LogP contribution in [0.5, 0.6) is 0 Å². The highest BCUT2D eigenvalue weighted by Gasteiger charge is 2.11. The van der Waals surface area contributed by atoms with Crippen LogP contribution in [0.1, 0.15) is 11.5 Å². The molecular formula is C11H12N4O3. The van der Waals surface area contributed by atoms with Crippen molar-refractivity contribution < 1.29 is 9.34 Å². The van der Waals surface area contributed by atoms with Crippen molar-refractivity contribution in [2.75, 3.05) is 11.9 Å². The van der Waals surface area contributed by atoms with Gasteiger partial charge in [0.25, 0.3) is 0 Å². The van der Waals surface area contributed by atoms with Gasteiger partial charge in [-0.25, -0.2) is 9.97 Å². The van der Waals surface area contributed by atoms with Crippen molar-refractivity contribution in [3.63, 3.8) is 0 Å². The first kappa shape index (κ1) is 12.0. The number of nitro groups is 1. The Bertz CT molecular complexity index is 550. The molecule has 0 bridgehead atoms. The van der Waals surface area contributed by atoms with Crippen LogP contribution in [0.4, 0.5) is 11.6 Å². The lowest BCUT2D eigenvalue weighted by Crippen LogP contribution is -2.18. The van der Waals surface area contributed by atoms with Crippen molar-refractivity contribution in [3.05, 3.63) is 46.2 Å². The Morgan fingerprint density at radius 2 is 2.06 bits per heavy atom. The molecule has 0 spiro atoms. The van der Waals surface area contributed by atoms with Gasteiger partial charge in [0.1, 0.15) is 23.9 Å². The smallest absolute Gasteiger partial charge is 0.305 e. The quantitative estimate of drug-likeness (QED) is 0.607. The fourth-order valence-electron chi connectivity index (χ4n) is 1.48. The van der Waals surface area contributed by atoms with E-state index in [0.29, 0.717) is 12.5 Å². The molecule has 0 atom stereocenters. The standard InChI is InChI=1S/C11H12N4O3/c1-8-3-4-10(18-8)7-14(2)11-12-5-9(6-13-11)15(16)17/h3-6H,7H2,1-2H3. The summed E-state index contributed by atoms with van der Waals surface area (Å²) in [4.78, 5) is 19.6. The Morgan fingerprint density at radius 3 is 2.56 bits per heavy atom. The summed E-state index contributed by atoms with van der Waals surface area (Å²) in [6.45, 7) is 2.37. The van der Waals surface area contributed by atoms with Gasteiger partial charge >= 0.3 is 5.69 Å². The monoisotopic (exact) mass is 248 g/mol. The van der Waals surface area contributed by atoms with E-state index in [4.69, 9.17) is 4.42 Å². The van der Waals surface area contributed by atoms with E-state index in [1.807, 2.05) is 19.1 Å². The zero-order chi connectivity index (χ0) is 13.1. The van der Waals surface area contributed by atoms with Crippen LogP contribution < -0.4 is 4.90 Å². The molecule has 0 aromatic carbocycles. The molecule has 0 N–H and O–H groups in total. The highest BCUT2D eigenvalue weighted by Crippen LogP contribution is 2.14. The number of rotatable bonds is 4. The van der Waals surface area contributed by atoms with Gasteiger partial charge in [-0.2, -0.15) is 0 Å². The Balaban J connectivity index is 2.09. The van der Waals surface area contributed by atoms with Crippen LogP contribution in [0, 0.1) is 17.0 Å². The van der Waals surface area contributed by atoms with Crippen LogP contribution in [0.15, 0.2) is 28.9 Å². The molecule has 0 fully saturated rings. The highest BCUT2D eigenvalue weighted by atomic mass is 16.6. The number of anilines is 1. The van der Waals surface area contributed by atoms with Crippen molar-refractivity contribution in [2.24, 2.45) is 0 Å². The molecule has 0 radical (unpaired) electrons. The maximum Gasteiger partial charge on any atom is 0.305 e. The Labute approximate surface area is 103 Å². The third-order valence-corrected chi connectivity index (χ3v) is 2.37. The fraction of sp³-hybridized carbons (Fsp3) is 0.273. The molecule has 0 aliphatic carbocycles. The van der Waals surface area contributed by atoms with Crippen molar-refractivity contribution >= 4 is 11.6 Å². The number of hydrogen-bond donors (Lipinski definition) is 0. The van der Waals surface area contributed by atoms with E-state index in [1.165, 1.54) is 12.4 Å². The first-order valence-corrected chi connectivity index (χ1v) is 5.29. The molecular weight excluding hydrogens is 236 g/mol. The number of furan rings is 1. The molecule has 2 aromatic heterocycles. The lowest BCUT2D eigenvalue weighted by Gasteiger charge is -2.14. The molecule has 0 unspecified atom stereocenters. The molecule has 18 heavy (non-hydrogen) atoms. The molecule has 2 rings (SSSR count). The minimum Gasteiger partial charge on any atom is -0.464 e. The van der Waals surface area contributed by atoms with Gasteiger partial charge in [0, 0.05) is 7.05 Å². The molecule has 0 aliphatic rings. The van der Waals surface area contributed by atoms with Crippen LogP contribution in [0.25, 0.3) is 0 Å². The largest absolute Gasteiger partial charge is 0.464 e. The van der Waals surface area contributed by atoms with Crippen molar-refractivity contribution in [3.8, 4) is 0 Å². The third-order valence-electron chi connectivity index (χ3n) is 2.37. The average Bonchev–Trinajstić information content (AvgIpc) is 2.75. The summed E-state index contributed by atoms with van der Waals surface area (Å²) in [6, 6.07) is 3.75. The van der Waals surface area contributed by atoms with Gasteiger partial charge in [0.05, 0.1) is 11.5 Å². The molecule has 0 saturated heterocycles. The van der Waals surface area contributed by atoms with Gasteiger partial charge in [0.15, 0.2) is 0 Å². The van der Waals surface area contributed by atoms with Gasteiger partial charge in [-0.1, -0.05) is 0 Å². The van der Waals surface area contributed by atoms with Crippen molar-refractivity contribution in [1.29, 1.82) is 0 Å². The molecule has 0 aliphatic heterocycles. The lowest BCUT2D eigenvalue weighted by atomic mass is 10.4. The van der Waals surface area contributed by atoms with Crippen molar-refractivity contribution in [1.82, 2.24) is 9.97 Å². The summed E-state index contributed by atoms with van der Waals surface area (Å²) in [5.74, 6) is 2.04. The second-order valence-electron chi connectivity index (χ2n) is 3.87. The van der Waals surface area contributed by atoms with E-state index in [9.17, 15) is 10.1 Å². The van der Waals surface area contributed by atoms with Crippen LogP contribution in [-0.4, -0.2) is 21.9 Å². The van der Waals surface area contributed by atoms with E-state index >= 15 is 0 Å². The summed E-state index contributed by atoms with van der Waals surface area (Å²) in [6.07, 6.45) is 2.37. The second-order valence-corrected chi connectivity index (χ2v) is 3.87. The first-order valence-electron chi connectivity index (χ1n) is 5.29. The van der Waals surface area contributed by atoms with E-state index in [0.717, 1.165) is 11.5 Å². The Kier molecular flexibility index (Phi) is 3.22. The third kappa shape index (κ3) is 2.62. The molecule has 7 heteroatoms. The second kappa shape index (κ2) is 4.82. The summed E-state index contributed by atoms with van der Waals surface area (Å²) in [7, 11) is 1.79. The predicted molar refractivity (Wildman–Crippen MR) is 64.2 cm³/mol. The zero-order valence-corrected chi connectivity index (χ0v) is 10.0. The molecule has 7 nitrogen and oxygen atoms in total. The maximum absolute atomic E-state index is 10.5. The number of hydrogen-bond acceptors (Lipinski definition) is 6. The van der Waals surface area contributed by atoms with E-state index in [1.54, 1.807) is 11.9 Å². The lowest BCUT2D eigenvalue weighted by molar-refractivity contribution is -0.385. The average molecular weight is 248 g/mol. The summed E-state index contributed by atoms with van der Waals surface area (Å²) >= 11 is 0. The Morgan fingerprint density at radius 1 is 1.39 bits per heavy atom. The van der Waals surface area contributed by atoms with Crippen LogP contribution in [-0.2, 0) is 6.54 Å². The van der Waals surface area contributed by atoms with E-state index in [-0.39, 0.29) is 5.69 Å². The summed E-state index contributed by atoms with van der Waals surface area (Å²) in [5, 5.41) is 10.5. The van der Waals surface area contributed by atoms with Crippen molar-refractivity contribution in [2.45, 2.75) is 13.5 Å². The maximum atomic E-state index is 10.5. The predicted octanol–water partition coefficient (Wildman–Crippen LogP) is 1.92.